The van der Waals surface area contributed by atoms with E-state index >= 15 is 0 Å². The van der Waals surface area contributed by atoms with Crippen molar-refractivity contribution < 1.29 is 9.94 Å². The molecule has 1 aromatic carbocycles. The second-order valence-corrected chi connectivity index (χ2v) is 4.49. The fourth-order valence-electron chi connectivity index (χ4n) is 1.39. The van der Waals surface area contributed by atoms with Gasteiger partial charge in [0.15, 0.2) is 0 Å². The van der Waals surface area contributed by atoms with Crippen molar-refractivity contribution >= 4 is 17.4 Å². The molecule has 0 radical (unpaired) electrons. The molecule has 4 nitrogen and oxygen atoms in total. The summed E-state index contributed by atoms with van der Waals surface area (Å²) in [5.74, 6) is 0.755. The van der Waals surface area contributed by atoms with Crippen LogP contribution in [-0.4, -0.2) is 17.6 Å². The van der Waals surface area contributed by atoms with Gasteiger partial charge in [-0.15, -0.1) is 0 Å². The molecule has 3 N–H and O–H groups in total. The lowest BCUT2D eigenvalue weighted by molar-refractivity contribution is 0.279. The summed E-state index contributed by atoms with van der Waals surface area (Å²) in [6.07, 6.45) is 0. The normalized spacial score (nSPS) is 13.5. The summed E-state index contributed by atoms with van der Waals surface area (Å²) in [6.45, 7) is 6.03. The molecule has 0 aromatic heterocycles. The van der Waals surface area contributed by atoms with Gasteiger partial charge in [0, 0.05) is 5.02 Å². The maximum Gasteiger partial charge on any atom is 0.145 e. The Hall–Kier alpha value is -1.42. The monoisotopic (exact) mass is 256 g/mol. The number of nitrogens with two attached hydrogens (primary N) is 1. The van der Waals surface area contributed by atoms with Crippen LogP contribution in [0.4, 0.5) is 0 Å². The average Bonchev–Trinajstić information content (AvgIpc) is 2.31. The predicted octanol–water partition coefficient (Wildman–Crippen LogP) is 2.72. The average molecular weight is 257 g/mol. The van der Waals surface area contributed by atoms with Crippen LogP contribution in [0.2, 0.25) is 5.02 Å². The maximum atomic E-state index is 8.52. The van der Waals surface area contributed by atoms with Gasteiger partial charge in [-0.25, -0.2) is 0 Å². The van der Waals surface area contributed by atoms with Crippen LogP contribution in [0.5, 0.6) is 5.75 Å². The Morgan fingerprint density at radius 3 is 2.47 bits per heavy atom. The Labute approximate surface area is 106 Å². The minimum atomic E-state index is -0.142. The first kappa shape index (κ1) is 13.6. The smallest absolute Gasteiger partial charge is 0.145 e. The zero-order valence-corrected chi connectivity index (χ0v) is 11.0. The van der Waals surface area contributed by atoms with Gasteiger partial charge in [0.25, 0.3) is 0 Å². The summed E-state index contributed by atoms with van der Waals surface area (Å²) >= 11 is 6.06. The van der Waals surface area contributed by atoms with Crippen molar-refractivity contribution in [2.75, 3.05) is 6.61 Å². The number of benzene rings is 1. The highest BCUT2D eigenvalue weighted by atomic mass is 35.5. The zero-order chi connectivity index (χ0) is 13.0. The molecule has 0 spiro atoms. The molecular weight excluding hydrogens is 240 g/mol. The highest BCUT2D eigenvalue weighted by Crippen LogP contribution is 2.26. The van der Waals surface area contributed by atoms with Gasteiger partial charge in [0.05, 0.1) is 12.5 Å². The van der Waals surface area contributed by atoms with Crippen LogP contribution >= 0.6 is 11.6 Å². The molecule has 0 aliphatic carbocycles. The molecule has 0 fully saturated rings. The second kappa shape index (κ2) is 5.77. The van der Waals surface area contributed by atoms with E-state index in [9.17, 15) is 0 Å². The molecule has 0 bridgehead atoms. The first-order valence-electron chi connectivity index (χ1n) is 5.32. The third-order valence-corrected chi connectivity index (χ3v) is 3.13. The molecule has 1 unspecified atom stereocenters. The van der Waals surface area contributed by atoms with E-state index in [1.165, 1.54) is 0 Å². The van der Waals surface area contributed by atoms with Crippen molar-refractivity contribution in [3.8, 4) is 5.75 Å². The first-order chi connectivity index (χ1) is 7.95. The third-order valence-electron chi connectivity index (χ3n) is 2.53. The number of amidine groups is 1. The molecule has 0 saturated heterocycles. The van der Waals surface area contributed by atoms with Gasteiger partial charge in [-0.05, 0) is 37.1 Å². The van der Waals surface area contributed by atoms with Gasteiger partial charge < -0.3 is 15.7 Å². The standard InChI is InChI=1S/C12H17ClN2O2/c1-7-4-10(5-8(2)11(7)13)17-6-9(3)12(14)15-16/h4-5,9,16H,6H2,1-3H3,(H2,14,15). The summed E-state index contributed by atoms with van der Waals surface area (Å²) in [4.78, 5) is 0. The number of aryl methyl sites for hydroxylation is 2. The van der Waals surface area contributed by atoms with Crippen molar-refractivity contribution in [1.82, 2.24) is 0 Å². The Balaban J connectivity index is 2.71. The zero-order valence-electron chi connectivity index (χ0n) is 10.2. The lowest BCUT2D eigenvalue weighted by Crippen LogP contribution is -2.26. The highest BCUT2D eigenvalue weighted by molar-refractivity contribution is 6.32. The molecule has 0 amide bonds. The van der Waals surface area contributed by atoms with Crippen LogP contribution in [0.25, 0.3) is 0 Å². The minimum Gasteiger partial charge on any atom is -0.493 e. The number of halogens is 1. The molecule has 0 aliphatic rings. The Morgan fingerprint density at radius 1 is 1.47 bits per heavy atom. The van der Waals surface area contributed by atoms with Crippen molar-refractivity contribution in [3.63, 3.8) is 0 Å². The number of ether oxygens (including phenoxy) is 1. The van der Waals surface area contributed by atoms with Gasteiger partial charge in [0.1, 0.15) is 11.6 Å². The third kappa shape index (κ3) is 3.53. The van der Waals surface area contributed by atoms with E-state index in [0.717, 1.165) is 21.9 Å². The fraction of sp³-hybridized carbons (Fsp3) is 0.417. The lowest BCUT2D eigenvalue weighted by atomic mass is 10.1. The maximum absolute atomic E-state index is 8.52. The van der Waals surface area contributed by atoms with Crippen molar-refractivity contribution in [1.29, 1.82) is 0 Å². The molecule has 1 atom stereocenters. The van der Waals surface area contributed by atoms with Crippen molar-refractivity contribution in [2.24, 2.45) is 16.8 Å². The van der Waals surface area contributed by atoms with E-state index in [-0.39, 0.29) is 11.8 Å². The van der Waals surface area contributed by atoms with Crippen molar-refractivity contribution in [2.45, 2.75) is 20.8 Å². The quantitative estimate of drug-likeness (QED) is 0.377. The second-order valence-electron chi connectivity index (χ2n) is 4.11. The SMILES string of the molecule is Cc1cc(OCC(C)/C(N)=N/O)cc(C)c1Cl. The van der Waals surface area contributed by atoms with Crippen LogP contribution in [0.1, 0.15) is 18.1 Å². The number of rotatable bonds is 4. The topological polar surface area (TPSA) is 67.8 Å². The summed E-state index contributed by atoms with van der Waals surface area (Å²) in [5.41, 5.74) is 7.40. The number of oxime groups is 1. The lowest BCUT2D eigenvalue weighted by Gasteiger charge is -2.13. The molecule has 94 valence electrons. The van der Waals surface area contributed by atoms with E-state index in [2.05, 4.69) is 5.16 Å². The molecule has 1 aromatic rings. The van der Waals surface area contributed by atoms with Crippen LogP contribution < -0.4 is 10.5 Å². The summed E-state index contributed by atoms with van der Waals surface area (Å²) in [6, 6.07) is 3.74. The van der Waals surface area contributed by atoms with Gasteiger partial charge in [-0.1, -0.05) is 23.7 Å². The van der Waals surface area contributed by atoms with E-state index in [1.54, 1.807) is 0 Å². The van der Waals surface area contributed by atoms with E-state index in [1.807, 2.05) is 32.9 Å². The van der Waals surface area contributed by atoms with Crippen LogP contribution in [0.15, 0.2) is 17.3 Å². The minimum absolute atomic E-state index is 0.142. The van der Waals surface area contributed by atoms with Gasteiger partial charge in [0.2, 0.25) is 0 Å². The summed E-state index contributed by atoms with van der Waals surface area (Å²) in [5, 5.41) is 12.2. The first-order valence-corrected chi connectivity index (χ1v) is 5.70. The highest BCUT2D eigenvalue weighted by Gasteiger charge is 2.09. The Morgan fingerprint density at radius 2 is 2.00 bits per heavy atom. The molecule has 0 saturated carbocycles. The molecule has 0 heterocycles. The fourth-order valence-corrected chi connectivity index (χ4v) is 1.50. The molecule has 17 heavy (non-hydrogen) atoms. The van der Waals surface area contributed by atoms with Crippen LogP contribution in [0.3, 0.4) is 0 Å². The summed E-state index contributed by atoms with van der Waals surface area (Å²) < 4.78 is 5.58. The van der Waals surface area contributed by atoms with Crippen LogP contribution in [-0.2, 0) is 0 Å². The molecule has 1 rings (SSSR count). The van der Waals surface area contributed by atoms with Crippen LogP contribution in [0, 0.1) is 19.8 Å². The van der Waals surface area contributed by atoms with Gasteiger partial charge in [-0.3, -0.25) is 0 Å². The molecule has 0 aliphatic heterocycles. The molecular formula is C12H17ClN2O2. The Kier molecular flexibility index (Phi) is 4.63. The predicted molar refractivity (Wildman–Crippen MR) is 69.0 cm³/mol. The number of nitrogens with zero attached hydrogens (tertiary/aromatic N) is 1. The van der Waals surface area contributed by atoms with Crippen molar-refractivity contribution in [3.05, 3.63) is 28.3 Å². The van der Waals surface area contributed by atoms with Gasteiger partial charge in [-0.2, -0.15) is 0 Å². The number of hydrogen-bond acceptors (Lipinski definition) is 3. The van der Waals surface area contributed by atoms with Gasteiger partial charge >= 0.3 is 0 Å². The van der Waals surface area contributed by atoms with E-state index in [4.69, 9.17) is 27.3 Å². The molecule has 5 heteroatoms. The Bertz CT molecular complexity index is 410. The number of hydrogen-bond donors (Lipinski definition) is 2. The van der Waals surface area contributed by atoms with E-state index in [0.29, 0.717) is 6.61 Å². The summed E-state index contributed by atoms with van der Waals surface area (Å²) in [7, 11) is 0. The van der Waals surface area contributed by atoms with E-state index < -0.39 is 0 Å². The largest absolute Gasteiger partial charge is 0.493 e.